The SMILES string of the molecule is C=C(C)C(=O)OCCc1ccccc1S(=O)(=O)O.C=CC(=O)OCCP(O)C(=O)C[N+](C)(C)C. The van der Waals surface area contributed by atoms with Gasteiger partial charge in [0, 0.05) is 24.2 Å². The fraction of sp³-hybridized carbons (Fsp3) is 0.409. The number of esters is 2. The van der Waals surface area contributed by atoms with Crippen molar-refractivity contribution >= 4 is 35.7 Å². The second kappa shape index (κ2) is 14.7. The number of benzene rings is 1. The van der Waals surface area contributed by atoms with Gasteiger partial charge >= 0.3 is 11.9 Å². The standard InChI is InChI=1S/C12H14O5S.C10H19NO4P/c1-9(2)12(13)17-8-7-10-5-3-4-6-11(10)18(14,15)16;1-5-9(12)15-6-7-16(14)10(13)8-11(2,3)4/h3-6H,1,7-8H2,2H3,(H,14,15,16);5,14H,1,6-8H2,2-4H3/q;+1. The molecule has 12 heteroatoms. The third-order valence-electron chi connectivity index (χ3n) is 3.82. The van der Waals surface area contributed by atoms with E-state index in [4.69, 9.17) is 9.29 Å². The first-order valence-electron chi connectivity index (χ1n) is 10.1. The van der Waals surface area contributed by atoms with Gasteiger partial charge in [0.25, 0.3) is 10.1 Å². The number of carbonyl (C=O) groups excluding carboxylic acids is 3. The van der Waals surface area contributed by atoms with Crippen molar-refractivity contribution in [3.63, 3.8) is 0 Å². The van der Waals surface area contributed by atoms with Crippen molar-refractivity contribution < 1.29 is 46.2 Å². The summed E-state index contributed by atoms with van der Waals surface area (Å²) in [4.78, 5) is 42.7. The molecule has 0 saturated carbocycles. The molecule has 0 fully saturated rings. The highest BCUT2D eigenvalue weighted by molar-refractivity contribution is 7.85. The van der Waals surface area contributed by atoms with Crippen LogP contribution in [0.5, 0.6) is 0 Å². The lowest BCUT2D eigenvalue weighted by molar-refractivity contribution is -0.861. The molecule has 190 valence electrons. The Kier molecular flexibility index (Phi) is 13.7. The molecule has 0 aromatic heterocycles. The molecule has 2 N–H and O–H groups in total. The Morgan fingerprint density at radius 3 is 2.21 bits per heavy atom. The fourth-order valence-electron chi connectivity index (χ4n) is 2.24. The molecule has 0 aliphatic carbocycles. The first kappa shape index (κ1) is 31.6. The predicted octanol–water partition coefficient (Wildman–Crippen LogP) is 1.93. The zero-order chi connectivity index (χ0) is 26.5. The summed E-state index contributed by atoms with van der Waals surface area (Å²) < 4.78 is 41.2. The van der Waals surface area contributed by atoms with Crippen molar-refractivity contribution in [2.45, 2.75) is 18.2 Å². The van der Waals surface area contributed by atoms with E-state index in [2.05, 4.69) is 17.9 Å². The van der Waals surface area contributed by atoms with E-state index in [1.807, 2.05) is 21.1 Å². The van der Waals surface area contributed by atoms with E-state index >= 15 is 0 Å². The van der Waals surface area contributed by atoms with Crippen LogP contribution < -0.4 is 0 Å². The maximum absolute atomic E-state index is 11.5. The Morgan fingerprint density at radius 2 is 1.71 bits per heavy atom. The van der Waals surface area contributed by atoms with Gasteiger partial charge in [0.05, 0.1) is 39.3 Å². The Bertz CT molecular complexity index is 984. The van der Waals surface area contributed by atoms with Gasteiger partial charge in [0.1, 0.15) is 14.7 Å². The van der Waals surface area contributed by atoms with E-state index in [-0.39, 0.29) is 48.3 Å². The van der Waals surface area contributed by atoms with Crippen LogP contribution in [-0.2, 0) is 40.4 Å². The van der Waals surface area contributed by atoms with E-state index in [1.54, 1.807) is 12.1 Å². The average molecular weight is 519 g/mol. The topological polar surface area (TPSA) is 144 Å². The maximum Gasteiger partial charge on any atom is 0.333 e. The van der Waals surface area contributed by atoms with Crippen LogP contribution in [0.25, 0.3) is 0 Å². The first-order chi connectivity index (χ1) is 15.6. The molecule has 1 atom stereocenters. The van der Waals surface area contributed by atoms with Crippen molar-refractivity contribution in [1.29, 1.82) is 0 Å². The molecule has 34 heavy (non-hydrogen) atoms. The summed E-state index contributed by atoms with van der Waals surface area (Å²) in [7, 11) is -0.345. The number of carbonyl (C=O) groups is 3. The van der Waals surface area contributed by atoms with Gasteiger partial charge in [0.15, 0.2) is 0 Å². The van der Waals surface area contributed by atoms with Gasteiger partial charge in [-0.3, -0.25) is 9.35 Å². The molecule has 0 aliphatic heterocycles. The fourth-order valence-corrected chi connectivity index (χ4v) is 4.10. The number of ether oxygens (including phenoxy) is 2. The summed E-state index contributed by atoms with van der Waals surface area (Å²) in [6, 6.07) is 6.00. The van der Waals surface area contributed by atoms with Gasteiger partial charge in [0.2, 0.25) is 5.52 Å². The zero-order valence-electron chi connectivity index (χ0n) is 19.9. The van der Waals surface area contributed by atoms with Crippen molar-refractivity contribution in [3.8, 4) is 0 Å². The van der Waals surface area contributed by atoms with E-state index in [1.165, 1.54) is 19.1 Å². The van der Waals surface area contributed by atoms with Crippen molar-refractivity contribution in [1.82, 2.24) is 0 Å². The summed E-state index contributed by atoms with van der Waals surface area (Å²) in [5, 5.41) is 0. The highest BCUT2D eigenvalue weighted by Crippen LogP contribution is 2.30. The maximum atomic E-state index is 11.5. The molecule has 0 bridgehead atoms. The molecule has 1 unspecified atom stereocenters. The number of nitrogens with zero attached hydrogens (tertiary/aromatic N) is 1. The minimum atomic E-state index is -4.26. The monoisotopic (exact) mass is 518 g/mol. The number of rotatable bonds is 12. The van der Waals surface area contributed by atoms with Crippen LogP contribution in [0.3, 0.4) is 0 Å². The van der Waals surface area contributed by atoms with Crippen molar-refractivity contribution in [2.24, 2.45) is 0 Å². The van der Waals surface area contributed by atoms with E-state index in [9.17, 15) is 27.7 Å². The molecule has 10 nitrogen and oxygen atoms in total. The van der Waals surface area contributed by atoms with Gasteiger partial charge < -0.3 is 18.9 Å². The molecule has 0 amide bonds. The molecule has 0 heterocycles. The van der Waals surface area contributed by atoms with Gasteiger partial charge in [-0.25, -0.2) is 9.59 Å². The second-order valence-electron chi connectivity index (χ2n) is 8.09. The van der Waals surface area contributed by atoms with Gasteiger partial charge in [-0.2, -0.15) is 8.42 Å². The van der Waals surface area contributed by atoms with E-state index in [0.29, 0.717) is 10.0 Å². The summed E-state index contributed by atoms with van der Waals surface area (Å²) in [6.07, 6.45) is 1.44. The molecule has 0 saturated heterocycles. The lowest BCUT2D eigenvalue weighted by Crippen LogP contribution is -2.39. The minimum Gasteiger partial charge on any atom is -0.462 e. The van der Waals surface area contributed by atoms with Crippen LogP contribution in [0.2, 0.25) is 0 Å². The van der Waals surface area contributed by atoms with Crippen LogP contribution in [0.1, 0.15) is 12.5 Å². The van der Waals surface area contributed by atoms with Gasteiger partial charge in [-0.05, 0) is 18.6 Å². The lowest BCUT2D eigenvalue weighted by Gasteiger charge is -2.23. The molecule has 1 rings (SSSR count). The molecule has 1 aromatic rings. The smallest absolute Gasteiger partial charge is 0.333 e. The Morgan fingerprint density at radius 1 is 1.12 bits per heavy atom. The largest absolute Gasteiger partial charge is 0.462 e. The van der Waals surface area contributed by atoms with E-state index < -0.39 is 30.2 Å². The molecule has 0 spiro atoms. The highest BCUT2D eigenvalue weighted by atomic mass is 32.2. The third kappa shape index (κ3) is 14.0. The Balaban J connectivity index is 0.000000646. The normalized spacial score (nSPS) is 11.9. The number of likely N-dealkylation sites (N-methyl/N-ethyl adjacent to an activating group) is 1. The minimum absolute atomic E-state index is 0.0260. The van der Waals surface area contributed by atoms with Crippen LogP contribution >= 0.6 is 8.15 Å². The van der Waals surface area contributed by atoms with Gasteiger partial charge in [-0.1, -0.05) is 31.4 Å². The highest BCUT2D eigenvalue weighted by Gasteiger charge is 2.22. The predicted molar refractivity (Wildman–Crippen MR) is 129 cm³/mol. The summed E-state index contributed by atoms with van der Waals surface area (Å²) in [5.41, 5.74) is 0.490. The number of hydrogen-bond donors (Lipinski definition) is 2. The lowest BCUT2D eigenvalue weighted by atomic mass is 10.2. The van der Waals surface area contributed by atoms with Crippen LogP contribution in [-0.4, -0.2) is 86.9 Å². The number of hydrogen-bond acceptors (Lipinski definition) is 8. The summed E-state index contributed by atoms with van der Waals surface area (Å²) in [5.74, 6) is -1.07. The van der Waals surface area contributed by atoms with E-state index in [0.717, 1.165) is 6.08 Å². The van der Waals surface area contributed by atoms with Crippen molar-refractivity contribution in [3.05, 3.63) is 54.6 Å². The molecule has 0 radical (unpaired) electrons. The Hall–Kier alpha value is -2.43. The first-order valence-corrected chi connectivity index (χ1v) is 13.0. The molecular weight excluding hydrogens is 485 g/mol. The number of quaternary nitrogens is 1. The average Bonchev–Trinajstić information content (AvgIpc) is 2.72. The van der Waals surface area contributed by atoms with Crippen LogP contribution in [0.4, 0.5) is 0 Å². The molecular formula is C22H33NO9PS+. The zero-order valence-corrected chi connectivity index (χ0v) is 21.6. The quantitative estimate of drug-likeness (QED) is 0.139. The van der Waals surface area contributed by atoms with Crippen LogP contribution in [0, 0.1) is 0 Å². The second-order valence-corrected chi connectivity index (χ2v) is 11.2. The Labute approximate surface area is 202 Å². The summed E-state index contributed by atoms with van der Waals surface area (Å²) >= 11 is 0. The third-order valence-corrected chi connectivity index (χ3v) is 6.09. The molecule has 0 aliphatic rings. The summed E-state index contributed by atoms with van der Waals surface area (Å²) in [6.45, 7) is 8.54. The van der Waals surface area contributed by atoms with Crippen molar-refractivity contribution in [2.75, 3.05) is 47.1 Å². The molecule has 1 aromatic carbocycles. The van der Waals surface area contributed by atoms with Gasteiger partial charge in [-0.15, -0.1) is 0 Å². The van der Waals surface area contributed by atoms with Crippen LogP contribution in [0.15, 0.2) is 54.0 Å².